The van der Waals surface area contributed by atoms with Gasteiger partial charge in [0.15, 0.2) is 0 Å². The summed E-state index contributed by atoms with van der Waals surface area (Å²) in [4.78, 5) is 0. The van der Waals surface area contributed by atoms with Crippen LogP contribution in [-0.4, -0.2) is 0 Å². The zero-order valence-corrected chi connectivity index (χ0v) is 19.0. The lowest BCUT2D eigenvalue weighted by atomic mass is 9.93. The molecule has 0 N–H and O–H groups in total. The Balaban J connectivity index is 1.24. The van der Waals surface area contributed by atoms with Gasteiger partial charge in [0.05, 0.1) is 0 Å². The number of hydrogen-bond donors (Lipinski definition) is 0. The third-order valence-corrected chi connectivity index (χ3v) is 7.45. The van der Waals surface area contributed by atoms with Gasteiger partial charge in [-0.05, 0) is 73.5 Å². The molecule has 0 saturated carbocycles. The van der Waals surface area contributed by atoms with Crippen molar-refractivity contribution in [2.75, 3.05) is 0 Å². The number of fused-ring (bicyclic) bond motifs is 6. The minimum atomic E-state index is 0.931. The van der Waals surface area contributed by atoms with Crippen LogP contribution >= 0.6 is 0 Å². The first-order valence-corrected chi connectivity index (χ1v) is 12.0. The first-order valence-electron chi connectivity index (χ1n) is 12.0. The molecule has 0 unspecified atom stereocenters. The van der Waals surface area contributed by atoms with Gasteiger partial charge in [0.25, 0.3) is 0 Å². The van der Waals surface area contributed by atoms with Crippen molar-refractivity contribution in [3.63, 3.8) is 0 Å². The van der Waals surface area contributed by atoms with Crippen molar-refractivity contribution < 1.29 is 4.42 Å². The van der Waals surface area contributed by atoms with E-state index in [-0.39, 0.29) is 0 Å². The summed E-state index contributed by atoms with van der Waals surface area (Å²) in [5.74, 6) is 0. The average Bonchev–Trinajstić information content (AvgIpc) is 3.46. The lowest BCUT2D eigenvalue weighted by Crippen LogP contribution is -1.84. The van der Waals surface area contributed by atoms with Crippen molar-refractivity contribution in [3.05, 3.63) is 121 Å². The molecule has 6 aromatic carbocycles. The molecule has 0 saturated heterocycles. The van der Waals surface area contributed by atoms with Crippen molar-refractivity contribution in [2.24, 2.45) is 0 Å². The Morgan fingerprint density at radius 2 is 0.943 bits per heavy atom. The Bertz CT molecular complexity index is 1910. The number of para-hydroxylation sites is 1. The molecule has 7 aromatic rings. The Morgan fingerprint density at radius 1 is 0.343 bits per heavy atom. The predicted molar refractivity (Wildman–Crippen MR) is 147 cm³/mol. The molecule has 1 nitrogen and oxygen atoms in total. The van der Waals surface area contributed by atoms with E-state index in [1.54, 1.807) is 0 Å². The fraction of sp³-hybridized carbons (Fsp3) is 0. The highest BCUT2D eigenvalue weighted by molar-refractivity contribution is 6.18. The van der Waals surface area contributed by atoms with Gasteiger partial charge in [0.1, 0.15) is 11.2 Å². The van der Waals surface area contributed by atoms with Gasteiger partial charge < -0.3 is 4.42 Å². The second kappa shape index (κ2) is 6.94. The van der Waals surface area contributed by atoms with E-state index in [0.29, 0.717) is 0 Å². The molecule has 0 atom stereocenters. The van der Waals surface area contributed by atoms with Crippen molar-refractivity contribution in [2.45, 2.75) is 0 Å². The van der Waals surface area contributed by atoms with Gasteiger partial charge in [-0.25, -0.2) is 0 Å². The number of hydrogen-bond acceptors (Lipinski definition) is 1. The van der Waals surface area contributed by atoms with Gasteiger partial charge >= 0.3 is 0 Å². The number of furan rings is 1. The molecular formula is C34H20O. The maximum absolute atomic E-state index is 6.01. The van der Waals surface area contributed by atoms with Crippen LogP contribution in [0.2, 0.25) is 0 Å². The van der Waals surface area contributed by atoms with Gasteiger partial charge in [0.2, 0.25) is 0 Å². The van der Waals surface area contributed by atoms with Crippen molar-refractivity contribution in [3.8, 4) is 44.5 Å². The van der Waals surface area contributed by atoms with Crippen LogP contribution in [0.25, 0.3) is 77.2 Å². The third-order valence-electron chi connectivity index (χ3n) is 7.45. The van der Waals surface area contributed by atoms with Gasteiger partial charge in [-0.15, -0.1) is 0 Å². The molecule has 1 aliphatic carbocycles. The Morgan fingerprint density at radius 3 is 1.80 bits per heavy atom. The molecule has 162 valence electrons. The molecule has 0 spiro atoms. The quantitative estimate of drug-likeness (QED) is 0.259. The van der Waals surface area contributed by atoms with Crippen LogP contribution < -0.4 is 0 Å². The molecule has 0 bridgehead atoms. The summed E-state index contributed by atoms with van der Waals surface area (Å²) in [5.41, 5.74) is 12.1. The molecule has 0 amide bonds. The maximum Gasteiger partial charge on any atom is 0.135 e. The van der Waals surface area contributed by atoms with E-state index in [1.807, 2.05) is 12.1 Å². The molecule has 0 fully saturated rings. The zero-order valence-electron chi connectivity index (χ0n) is 19.0. The normalized spacial score (nSPS) is 12.0. The van der Waals surface area contributed by atoms with Crippen LogP contribution in [0.15, 0.2) is 126 Å². The predicted octanol–water partition coefficient (Wildman–Crippen LogP) is 9.72. The summed E-state index contributed by atoms with van der Waals surface area (Å²) in [5, 5.41) is 5.01. The van der Waals surface area contributed by atoms with Crippen molar-refractivity contribution >= 4 is 32.7 Å². The highest BCUT2D eigenvalue weighted by atomic mass is 16.3. The summed E-state index contributed by atoms with van der Waals surface area (Å²) >= 11 is 0. The summed E-state index contributed by atoms with van der Waals surface area (Å²) in [6.45, 7) is 0. The molecule has 1 aliphatic rings. The van der Waals surface area contributed by atoms with Crippen LogP contribution in [0.3, 0.4) is 0 Å². The van der Waals surface area contributed by atoms with E-state index in [1.165, 1.54) is 55.3 Å². The van der Waals surface area contributed by atoms with Crippen molar-refractivity contribution in [1.82, 2.24) is 0 Å². The van der Waals surface area contributed by atoms with E-state index in [9.17, 15) is 0 Å². The van der Waals surface area contributed by atoms with Gasteiger partial charge in [-0.1, -0.05) is 103 Å². The second-order valence-electron chi connectivity index (χ2n) is 9.32. The van der Waals surface area contributed by atoms with E-state index < -0.39 is 0 Å². The van der Waals surface area contributed by atoms with Crippen LogP contribution in [-0.2, 0) is 0 Å². The van der Waals surface area contributed by atoms with Gasteiger partial charge in [-0.3, -0.25) is 0 Å². The van der Waals surface area contributed by atoms with Gasteiger partial charge in [0, 0.05) is 10.8 Å². The molecule has 1 aromatic heterocycles. The Hall–Kier alpha value is -4.62. The Labute approximate surface area is 202 Å². The smallest absolute Gasteiger partial charge is 0.135 e. The second-order valence-corrected chi connectivity index (χ2v) is 9.32. The largest absolute Gasteiger partial charge is 0.456 e. The first kappa shape index (κ1) is 18.8. The van der Waals surface area contributed by atoms with E-state index in [2.05, 4.69) is 109 Å². The topological polar surface area (TPSA) is 13.1 Å². The van der Waals surface area contributed by atoms with Crippen LogP contribution in [0.5, 0.6) is 0 Å². The van der Waals surface area contributed by atoms with Crippen LogP contribution in [0.1, 0.15) is 0 Å². The molecule has 0 radical (unpaired) electrons. The third kappa shape index (κ3) is 2.64. The zero-order chi connectivity index (χ0) is 22.9. The summed E-state index contributed by atoms with van der Waals surface area (Å²) in [6.07, 6.45) is 0. The lowest BCUT2D eigenvalue weighted by Gasteiger charge is -2.11. The molecule has 1 heteroatoms. The van der Waals surface area contributed by atoms with E-state index >= 15 is 0 Å². The Kier molecular flexibility index (Phi) is 3.72. The highest BCUT2D eigenvalue weighted by Crippen LogP contribution is 2.49. The molecule has 8 rings (SSSR count). The van der Waals surface area contributed by atoms with Crippen LogP contribution in [0.4, 0.5) is 0 Å². The summed E-state index contributed by atoms with van der Waals surface area (Å²) in [7, 11) is 0. The molecule has 35 heavy (non-hydrogen) atoms. The molecule has 1 heterocycles. The van der Waals surface area contributed by atoms with E-state index in [0.717, 1.165) is 21.9 Å². The van der Waals surface area contributed by atoms with Gasteiger partial charge in [-0.2, -0.15) is 0 Å². The summed E-state index contributed by atoms with van der Waals surface area (Å²) in [6, 6.07) is 43.7. The number of rotatable bonds is 2. The average molecular weight is 445 g/mol. The minimum Gasteiger partial charge on any atom is -0.456 e. The monoisotopic (exact) mass is 444 g/mol. The SMILES string of the molecule is c1ccc2c(c1)-c1cccc3c(-c4ccc(-c5ccc6oc7ccccc7c6c5)cc4)ccc-2c13. The standard InChI is InChI=1S/C34H20O/c1-2-7-26-25(6-1)29-10-5-9-28-24(17-18-30(26)34(28)29)22-14-12-21(13-15-22)23-16-19-33-31(20-23)27-8-3-4-11-32(27)35-33/h1-20H. The maximum atomic E-state index is 6.01. The molecular weight excluding hydrogens is 424 g/mol. The highest BCUT2D eigenvalue weighted by Gasteiger charge is 2.22. The minimum absolute atomic E-state index is 0.931. The number of benzene rings is 6. The molecule has 0 aliphatic heterocycles. The fourth-order valence-electron chi connectivity index (χ4n) is 5.81. The first-order chi connectivity index (χ1) is 17.3. The fourth-order valence-corrected chi connectivity index (χ4v) is 5.81. The van der Waals surface area contributed by atoms with Crippen molar-refractivity contribution in [1.29, 1.82) is 0 Å². The lowest BCUT2D eigenvalue weighted by molar-refractivity contribution is 0.669. The van der Waals surface area contributed by atoms with E-state index in [4.69, 9.17) is 4.42 Å². The van der Waals surface area contributed by atoms with Crippen LogP contribution in [0, 0.1) is 0 Å². The summed E-state index contributed by atoms with van der Waals surface area (Å²) < 4.78 is 6.01.